The molecule has 2 amide bonds. The van der Waals surface area contributed by atoms with E-state index < -0.39 is 6.10 Å². The molecule has 0 aliphatic heterocycles. The van der Waals surface area contributed by atoms with Crippen molar-refractivity contribution in [2.45, 2.75) is 26.0 Å². The highest BCUT2D eigenvalue weighted by molar-refractivity contribution is 5.98. The van der Waals surface area contributed by atoms with Gasteiger partial charge in [0.15, 0.2) is 6.10 Å². The Morgan fingerprint density at radius 3 is 2.03 bits per heavy atom. The van der Waals surface area contributed by atoms with Crippen molar-refractivity contribution >= 4 is 17.5 Å². The van der Waals surface area contributed by atoms with Crippen molar-refractivity contribution in [3.63, 3.8) is 0 Å². The highest BCUT2D eigenvalue weighted by Crippen LogP contribution is 2.23. The smallest absolute Gasteiger partial charge is 0.265 e. The van der Waals surface area contributed by atoms with E-state index in [9.17, 15) is 9.59 Å². The van der Waals surface area contributed by atoms with Gasteiger partial charge in [-0.15, -0.1) is 0 Å². The molecule has 0 bridgehead atoms. The van der Waals surface area contributed by atoms with Gasteiger partial charge in [-0.25, -0.2) is 0 Å². The van der Waals surface area contributed by atoms with E-state index >= 15 is 0 Å². The van der Waals surface area contributed by atoms with Crippen LogP contribution in [0.15, 0.2) is 109 Å². The van der Waals surface area contributed by atoms with Crippen molar-refractivity contribution in [3.8, 4) is 16.9 Å². The van der Waals surface area contributed by atoms with Crippen LogP contribution in [0.4, 0.5) is 5.69 Å². The van der Waals surface area contributed by atoms with Gasteiger partial charge in [0, 0.05) is 11.3 Å². The van der Waals surface area contributed by atoms with Crippen LogP contribution >= 0.6 is 0 Å². The summed E-state index contributed by atoms with van der Waals surface area (Å²) in [4.78, 5) is 25.4. The van der Waals surface area contributed by atoms with E-state index in [4.69, 9.17) is 4.74 Å². The fraction of sp³-hybridized carbons (Fsp3) is 0.133. The Bertz CT molecular complexity index is 1270. The summed E-state index contributed by atoms with van der Waals surface area (Å²) in [5, 5.41) is 5.82. The largest absolute Gasteiger partial charge is 0.481 e. The van der Waals surface area contributed by atoms with Gasteiger partial charge >= 0.3 is 0 Å². The Morgan fingerprint density at radius 2 is 1.34 bits per heavy atom. The van der Waals surface area contributed by atoms with E-state index in [2.05, 4.69) is 10.6 Å². The molecule has 0 saturated carbocycles. The Labute approximate surface area is 205 Å². The third-order valence-electron chi connectivity index (χ3n) is 5.68. The molecule has 0 aliphatic rings. The lowest BCUT2D eigenvalue weighted by Gasteiger charge is -2.16. The molecular formula is C30H28N2O3. The predicted octanol–water partition coefficient (Wildman–Crippen LogP) is 6.25. The highest BCUT2D eigenvalue weighted by atomic mass is 16.5. The summed E-state index contributed by atoms with van der Waals surface area (Å²) in [6, 6.07) is 34.2. The standard InChI is InChI=1S/C30H28N2O3/c1-21(23-10-5-3-6-11-23)31-30(34)26-14-9-15-27(20-26)32-29(33)22(2)35-28-18-16-25(17-19-28)24-12-7-4-8-13-24/h3-22H,1-2H3,(H,31,34)(H,32,33). The van der Waals surface area contributed by atoms with E-state index in [0.717, 1.165) is 16.7 Å². The van der Waals surface area contributed by atoms with Gasteiger partial charge < -0.3 is 15.4 Å². The molecule has 0 aromatic heterocycles. The number of hydrogen-bond donors (Lipinski definition) is 2. The summed E-state index contributed by atoms with van der Waals surface area (Å²) in [6.07, 6.45) is -0.715. The number of carbonyl (C=O) groups excluding carboxylic acids is 2. The number of nitrogens with one attached hydrogen (secondary N) is 2. The first kappa shape index (κ1) is 23.8. The zero-order valence-electron chi connectivity index (χ0n) is 19.8. The highest BCUT2D eigenvalue weighted by Gasteiger charge is 2.17. The molecule has 4 aromatic rings. The summed E-state index contributed by atoms with van der Waals surface area (Å²) in [6.45, 7) is 3.63. The number of ether oxygens (including phenoxy) is 1. The Morgan fingerprint density at radius 1 is 0.714 bits per heavy atom. The second kappa shape index (κ2) is 11.2. The second-order valence-corrected chi connectivity index (χ2v) is 8.33. The van der Waals surface area contributed by atoms with Crippen LogP contribution in [0, 0.1) is 0 Å². The molecule has 4 rings (SSSR count). The molecule has 0 fully saturated rings. The van der Waals surface area contributed by atoms with E-state index in [1.807, 2.05) is 91.9 Å². The number of anilines is 1. The zero-order chi connectivity index (χ0) is 24.6. The zero-order valence-corrected chi connectivity index (χ0v) is 19.8. The molecule has 5 heteroatoms. The van der Waals surface area contributed by atoms with Gasteiger partial charge in [0.05, 0.1) is 6.04 Å². The summed E-state index contributed by atoms with van der Waals surface area (Å²) in [5.41, 5.74) is 4.22. The lowest BCUT2D eigenvalue weighted by atomic mass is 10.1. The van der Waals surface area contributed by atoms with Crippen molar-refractivity contribution in [2.75, 3.05) is 5.32 Å². The maximum atomic E-state index is 12.7. The lowest BCUT2D eigenvalue weighted by Crippen LogP contribution is -2.30. The molecule has 0 heterocycles. The number of rotatable bonds is 8. The number of carbonyl (C=O) groups is 2. The van der Waals surface area contributed by atoms with Crippen molar-refractivity contribution < 1.29 is 14.3 Å². The van der Waals surface area contributed by atoms with Crippen molar-refractivity contribution in [1.82, 2.24) is 5.32 Å². The van der Waals surface area contributed by atoms with Crippen LogP contribution in [-0.4, -0.2) is 17.9 Å². The fourth-order valence-electron chi connectivity index (χ4n) is 3.70. The molecule has 2 N–H and O–H groups in total. The quantitative estimate of drug-likeness (QED) is 0.324. The molecule has 0 radical (unpaired) electrons. The minimum atomic E-state index is -0.715. The normalized spacial score (nSPS) is 12.3. The van der Waals surface area contributed by atoms with Crippen LogP contribution in [-0.2, 0) is 4.79 Å². The first-order valence-electron chi connectivity index (χ1n) is 11.6. The molecule has 176 valence electrons. The number of benzene rings is 4. The van der Waals surface area contributed by atoms with Crippen LogP contribution in [0.25, 0.3) is 11.1 Å². The van der Waals surface area contributed by atoms with Gasteiger partial charge in [-0.05, 0) is 60.9 Å². The van der Waals surface area contributed by atoms with Crippen LogP contribution in [0.3, 0.4) is 0 Å². The molecule has 2 unspecified atom stereocenters. The fourth-order valence-corrected chi connectivity index (χ4v) is 3.70. The van der Waals surface area contributed by atoms with Crippen LogP contribution in [0.5, 0.6) is 5.75 Å². The number of hydrogen-bond acceptors (Lipinski definition) is 3. The molecule has 0 aliphatic carbocycles. The van der Waals surface area contributed by atoms with Gasteiger partial charge in [0.1, 0.15) is 5.75 Å². The van der Waals surface area contributed by atoms with Gasteiger partial charge in [0.25, 0.3) is 11.8 Å². The maximum absolute atomic E-state index is 12.7. The van der Waals surface area contributed by atoms with Gasteiger partial charge in [0.2, 0.25) is 0 Å². The monoisotopic (exact) mass is 464 g/mol. The lowest BCUT2D eigenvalue weighted by molar-refractivity contribution is -0.122. The Balaban J connectivity index is 1.34. The van der Waals surface area contributed by atoms with Gasteiger partial charge in [-0.1, -0.05) is 78.9 Å². The predicted molar refractivity (Wildman–Crippen MR) is 139 cm³/mol. The van der Waals surface area contributed by atoms with E-state index in [0.29, 0.717) is 17.0 Å². The van der Waals surface area contributed by atoms with E-state index in [1.165, 1.54) is 0 Å². The Kier molecular flexibility index (Phi) is 7.58. The average molecular weight is 465 g/mol. The molecule has 0 saturated heterocycles. The van der Waals surface area contributed by atoms with E-state index in [1.54, 1.807) is 31.2 Å². The Hall–Kier alpha value is -4.38. The van der Waals surface area contributed by atoms with Crippen LogP contribution < -0.4 is 15.4 Å². The molecule has 2 atom stereocenters. The molecule has 35 heavy (non-hydrogen) atoms. The number of amides is 2. The molecular weight excluding hydrogens is 436 g/mol. The third-order valence-corrected chi connectivity index (χ3v) is 5.68. The summed E-state index contributed by atoms with van der Waals surface area (Å²) in [5.74, 6) is 0.1000. The minimum Gasteiger partial charge on any atom is -0.481 e. The summed E-state index contributed by atoms with van der Waals surface area (Å²) < 4.78 is 5.83. The maximum Gasteiger partial charge on any atom is 0.265 e. The van der Waals surface area contributed by atoms with Crippen molar-refractivity contribution in [2.24, 2.45) is 0 Å². The third kappa shape index (κ3) is 6.36. The summed E-state index contributed by atoms with van der Waals surface area (Å²) in [7, 11) is 0. The van der Waals surface area contributed by atoms with Gasteiger partial charge in [-0.2, -0.15) is 0 Å². The summed E-state index contributed by atoms with van der Waals surface area (Å²) >= 11 is 0. The van der Waals surface area contributed by atoms with Crippen molar-refractivity contribution in [1.29, 1.82) is 0 Å². The molecule has 5 nitrogen and oxygen atoms in total. The van der Waals surface area contributed by atoms with Crippen LogP contribution in [0.2, 0.25) is 0 Å². The van der Waals surface area contributed by atoms with Gasteiger partial charge in [-0.3, -0.25) is 9.59 Å². The molecule has 0 spiro atoms. The first-order chi connectivity index (χ1) is 17.0. The van der Waals surface area contributed by atoms with Crippen LogP contribution in [0.1, 0.15) is 35.8 Å². The SMILES string of the molecule is CC(Oc1ccc(-c2ccccc2)cc1)C(=O)Nc1cccc(C(=O)NC(C)c2ccccc2)c1. The minimum absolute atomic E-state index is 0.136. The topological polar surface area (TPSA) is 67.4 Å². The first-order valence-corrected chi connectivity index (χ1v) is 11.6. The second-order valence-electron chi connectivity index (χ2n) is 8.33. The van der Waals surface area contributed by atoms with E-state index in [-0.39, 0.29) is 17.9 Å². The molecule has 4 aromatic carbocycles. The average Bonchev–Trinajstić information content (AvgIpc) is 2.90. The van der Waals surface area contributed by atoms with Crippen molar-refractivity contribution in [3.05, 3.63) is 120 Å².